The topological polar surface area (TPSA) is 81.7 Å². The molecular weight excluding hydrogens is 524 g/mol. The molecule has 2 aromatic heterocycles. The van der Waals surface area contributed by atoms with Crippen LogP contribution in [-0.2, 0) is 0 Å². The molecular formula is C31H37ClN6O2. The summed E-state index contributed by atoms with van der Waals surface area (Å²) in [5, 5.41) is 3.46. The average Bonchev–Trinajstić information content (AvgIpc) is 3.30. The fraction of sp³-hybridized carbons (Fsp3) is 0.419. The van der Waals surface area contributed by atoms with Gasteiger partial charge in [-0.15, -0.1) is 0 Å². The molecule has 1 aromatic carbocycles. The molecule has 0 spiro atoms. The molecule has 4 heterocycles. The van der Waals surface area contributed by atoms with Gasteiger partial charge >= 0.3 is 6.03 Å². The third-order valence-corrected chi connectivity index (χ3v) is 8.44. The zero-order valence-electron chi connectivity index (χ0n) is 23.4. The van der Waals surface area contributed by atoms with E-state index in [0.717, 1.165) is 49.2 Å². The number of likely N-dealkylation sites (tertiary alicyclic amines) is 1. The van der Waals surface area contributed by atoms with Crippen LogP contribution in [0.15, 0.2) is 60.9 Å². The SMILES string of the molecule is Cc1cc(Cl)nc(C)c1C(=O)NCCC(C)N1CCC(N2C(=O)N(c3cccnc3)C[C@H]2c2ccccc2)CC1. The molecule has 2 atom stereocenters. The van der Waals surface area contributed by atoms with Crippen LogP contribution in [0.2, 0.25) is 5.15 Å². The lowest BCUT2D eigenvalue weighted by molar-refractivity contribution is 0.0896. The molecule has 5 rings (SSSR count). The lowest BCUT2D eigenvalue weighted by Crippen LogP contribution is -2.49. The maximum Gasteiger partial charge on any atom is 0.325 e. The number of pyridine rings is 2. The molecule has 210 valence electrons. The molecule has 2 fully saturated rings. The minimum absolute atomic E-state index is 0.00682. The van der Waals surface area contributed by atoms with Crippen LogP contribution in [0.1, 0.15) is 59.4 Å². The van der Waals surface area contributed by atoms with Crippen molar-refractivity contribution in [1.82, 2.24) is 25.1 Å². The number of rotatable bonds is 8. The molecule has 40 heavy (non-hydrogen) atoms. The second kappa shape index (κ2) is 12.4. The Bertz CT molecular complexity index is 1310. The number of nitrogens with zero attached hydrogens (tertiary/aromatic N) is 5. The maximum atomic E-state index is 13.8. The summed E-state index contributed by atoms with van der Waals surface area (Å²) < 4.78 is 0. The van der Waals surface area contributed by atoms with Gasteiger partial charge in [-0.3, -0.25) is 14.7 Å². The molecule has 0 aliphatic carbocycles. The van der Waals surface area contributed by atoms with E-state index in [0.29, 0.717) is 35.5 Å². The molecule has 8 nitrogen and oxygen atoms in total. The van der Waals surface area contributed by atoms with Crippen LogP contribution in [0.4, 0.5) is 10.5 Å². The van der Waals surface area contributed by atoms with Crippen LogP contribution in [-0.4, -0.2) is 70.0 Å². The van der Waals surface area contributed by atoms with Crippen LogP contribution >= 0.6 is 11.6 Å². The van der Waals surface area contributed by atoms with E-state index in [4.69, 9.17) is 11.6 Å². The lowest BCUT2D eigenvalue weighted by Gasteiger charge is -2.41. The molecule has 2 aliphatic rings. The van der Waals surface area contributed by atoms with Crippen molar-refractivity contribution >= 4 is 29.2 Å². The highest BCUT2D eigenvalue weighted by molar-refractivity contribution is 6.29. The van der Waals surface area contributed by atoms with Crippen LogP contribution in [0.3, 0.4) is 0 Å². The van der Waals surface area contributed by atoms with Crippen molar-refractivity contribution in [3.63, 3.8) is 0 Å². The number of carbonyl (C=O) groups is 2. The first kappa shape index (κ1) is 28.1. The predicted octanol–water partition coefficient (Wildman–Crippen LogP) is 5.40. The van der Waals surface area contributed by atoms with Gasteiger partial charge in [-0.2, -0.15) is 0 Å². The van der Waals surface area contributed by atoms with Crippen molar-refractivity contribution in [3.05, 3.63) is 88.5 Å². The van der Waals surface area contributed by atoms with Gasteiger partial charge in [-0.25, -0.2) is 9.78 Å². The van der Waals surface area contributed by atoms with Crippen LogP contribution in [0, 0.1) is 13.8 Å². The van der Waals surface area contributed by atoms with Gasteiger partial charge in [0.15, 0.2) is 0 Å². The summed E-state index contributed by atoms with van der Waals surface area (Å²) in [5.74, 6) is -0.109. The molecule has 2 saturated heterocycles. The zero-order valence-corrected chi connectivity index (χ0v) is 24.1. The Morgan fingerprint density at radius 2 is 1.88 bits per heavy atom. The number of halogens is 1. The number of aryl methyl sites for hydroxylation is 2. The Morgan fingerprint density at radius 1 is 1.12 bits per heavy atom. The van der Waals surface area contributed by atoms with Crippen molar-refractivity contribution in [2.45, 2.75) is 58.2 Å². The highest BCUT2D eigenvalue weighted by atomic mass is 35.5. The fourth-order valence-corrected chi connectivity index (χ4v) is 6.38. The van der Waals surface area contributed by atoms with Crippen molar-refractivity contribution in [2.75, 3.05) is 31.1 Å². The number of hydrogen-bond donors (Lipinski definition) is 1. The van der Waals surface area contributed by atoms with Crippen LogP contribution in [0.25, 0.3) is 0 Å². The molecule has 0 saturated carbocycles. The third-order valence-electron chi connectivity index (χ3n) is 8.24. The number of aromatic nitrogens is 2. The first-order valence-corrected chi connectivity index (χ1v) is 14.4. The van der Waals surface area contributed by atoms with E-state index in [2.05, 4.69) is 44.1 Å². The van der Waals surface area contributed by atoms with Gasteiger partial charge in [0.2, 0.25) is 0 Å². The van der Waals surface area contributed by atoms with E-state index in [9.17, 15) is 9.59 Å². The zero-order chi connectivity index (χ0) is 28.2. The van der Waals surface area contributed by atoms with Crippen molar-refractivity contribution in [2.24, 2.45) is 0 Å². The largest absolute Gasteiger partial charge is 0.352 e. The van der Waals surface area contributed by atoms with Crippen molar-refractivity contribution in [1.29, 1.82) is 0 Å². The van der Waals surface area contributed by atoms with Gasteiger partial charge in [0, 0.05) is 37.9 Å². The number of nitrogens with one attached hydrogen (secondary N) is 1. The van der Waals surface area contributed by atoms with Gasteiger partial charge in [-0.1, -0.05) is 41.9 Å². The minimum Gasteiger partial charge on any atom is -0.352 e. The summed E-state index contributed by atoms with van der Waals surface area (Å²) in [6.45, 7) is 8.93. The Kier molecular flexibility index (Phi) is 8.66. The number of benzene rings is 1. The van der Waals surface area contributed by atoms with E-state index >= 15 is 0 Å². The molecule has 2 aliphatic heterocycles. The van der Waals surface area contributed by atoms with Gasteiger partial charge in [-0.05, 0) is 69.4 Å². The van der Waals surface area contributed by atoms with Gasteiger partial charge < -0.3 is 15.1 Å². The second-order valence-corrected chi connectivity index (χ2v) is 11.2. The number of piperidine rings is 1. The minimum atomic E-state index is -0.109. The Morgan fingerprint density at radius 3 is 2.55 bits per heavy atom. The Labute approximate surface area is 241 Å². The third kappa shape index (κ3) is 5.98. The Balaban J connectivity index is 1.18. The summed E-state index contributed by atoms with van der Waals surface area (Å²) in [5.41, 5.74) is 4.07. The van der Waals surface area contributed by atoms with Crippen molar-refractivity contribution < 1.29 is 9.59 Å². The van der Waals surface area contributed by atoms with Gasteiger partial charge in [0.25, 0.3) is 5.91 Å². The standard InChI is InChI=1S/C31H37ClN6O2/c1-21-18-28(32)35-23(3)29(21)30(39)34-15-11-22(2)36-16-12-25(13-17-36)38-27(24-8-5-4-6-9-24)20-37(31(38)40)26-10-7-14-33-19-26/h4-10,14,18-19,22,25,27H,11-13,15-17,20H2,1-3H3,(H,34,39)/t22?,27-/m0/s1. The smallest absolute Gasteiger partial charge is 0.325 e. The van der Waals surface area contributed by atoms with E-state index in [1.807, 2.05) is 49.1 Å². The van der Waals surface area contributed by atoms with Crippen LogP contribution in [0.5, 0.6) is 0 Å². The Hall–Kier alpha value is -3.49. The normalized spacial score (nSPS) is 19.2. The maximum absolute atomic E-state index is 13.8. The predicted molar refractivity (Wildman–Crippen MR) is 158 cm³/mol. The van der Waals surface area contributed by atoms with Crippen LogP contribution < -0.4 is 10.2 Å². The molecule has 1 N–H and O–H groups in total. The van der Waals surface area contributed by atoms with E-state index < -0.39 is 0 Å². The second-order valence-electron chi connectivity index (χ2n) is 10.8. The highest BCUT2D eigenvalue weighted by Gasteiger charge is 2.43. The van der Waals surface area contributed by atoms with E-state index in [1.165, 1.54) is 0 Å². The number of anilines is 1. The lowest BCUT2D eigenvalue weighted by atomic mass is 9.98. The highest BCUT2D eigenvalue weighted by Crippen LogP contribution is 2.37. The molecule has 1 unspecified atom stereocenters. The quantitative estimate of drug-likeness (QED) is 0.373. The van der Waals surface area contributed by atoms with E-state index in [-0.39, 0.29) is 24.0 Å². The van der Waals surface area contributed by atoms with Gasteiger partial charge in [0.05, 0.1) is 35.7 Å². The fourth-order valence-electron chi connectivity index (χ4n) is 6.09. The summed E-state index contributed by atoms with van der Waals surface area (Å²) in [7, 11) is 0. The van der Waals surface area contributed by atoms with Crippen molar-refractivity contribution in [3.8, 4) is 0 Å². The monoisotopic (exact) mass is 560 g/mol. The molecule has 0 bridgehead atoms. The number of urea groups is 1. The summed E-state index contributed by atoms with van der Waals surface area (Å²) in [6.07, 6.45) is 6.18. The van der Waals surface area contributed by atoms with Gasteiger partial charge in [0.1, 0.15) is 5.15 Å². The number of carbonyl (C=O) groups excluding carboxylic acids is 2. The van der Waals surface area contributed by atoms with E-state index in [1.54, 1.807) is 18.5 Å². The number of hydrogen-bond acceptors (Lipinski definition) is 5. The number of amides is 3. The summed E-state index contributed by atoms with van der Waals surface area (Å²) in [6, 6.07) is 16.4. The first-order chi connectivity index (χ1) is 19.3. The molecule has 3 aromatic rings. The first-order valence-electron chi connectivity index (χ1n) is 14.0. The average molecular weight is 561 g/mol. The molecule has 3 amide bonds. The molecule has 0 radical (unpaired) electrons. The molecule has 9 heteroatoms. The summed E-state index contributed by atoms with van der Waals surface area (Å²) >= 11 is 6.02. The summed E-state index contributed by atoms with van der Waals surface area (Å²) in [4.78, 5) is 41.5.